The summed E-state index contributed by atoms with van der Waals surface area (Å²) in [6.07, 6.45) is 4.44. The molecule has 2 aromatic carbocycles. The number of nitrogens with zero attached hydrogens (tertiary/aromatic N) is 2. The van der Waals surface area contributed by atoms with Crippen LogP contribution in [-0.4, -0.2) is 47.6 Å². The van der Waals surface area contributed by atoms with Crippen LogP contribution in [0.2, 0.25) is 0 Å². The van der Waals surface area contributed by atoms with Gasteiger partial charge in [-0.1, -0.05) is 60.2 Å². The van der Waals surface area contributed by atoms with Crippen LogP contribution in [0.1, 0.15) is 16.7 Å². The molecule has 1 heterocycles. The molecule has 3 nitrogen and oxygen atoms in total. The zero-order chi connectivity index (χ0) is 18.4. The highest BCUT2D eigenvalue weighted by Crippen LogP contribution is 2.17. The van der Waals surface area contributed by atoms with Crippen LogP contribution in [0, 0.1) is 13.8 Å². The fourth-order valence-corrected chi connectivity index (χ4v) is 3.48. The molecule has 1 aliphatic rings. The van der Waals surface area contributed by atoms with Crippen LogP contribution >= 0.6 is 12.2 Å². The van der Waals surface area contributed by atoms with Gasteiger partial charge in [-0.15, -0.1) is 0 Å². The van der Waals surface area contributed by atoms with Gasteiger partial charge in [-0.25, -0.2) is 0 Å². The lowest BCUT2D eigenvalue weighted by atomic mass is 10.1. The standard InChI is InChI=1S/C22H27N3S/c1-18-10-11-21(19(2)17-18)23-22(26)25-15-13-24(14-16-25)12-6-9-20-7-4-3-5-8-20/h3-11,17H,12-16H2,1-2H3,(H,23,26)/b9-6+. The minimum atomic E-state index is 0.830. The van der Waals surface area contributed by atoms with Crippen LogP contribution in [0.15, 0.2) is 54.6 Å². The molecule has 0 amide bonds. The van der Waals surface area contributed by atoms with Crippen molar-refractivity contribution in [1.29, 1.82) is 0 Å². The van der Waals surface area contributed by atoms with Gasteiger partial charge in [0.05, 0.1) is 0 Å². The fourth-order valence-electron chi connectivity index (χ4n) is 3.18. The molecule has 1 saturated heterocycles. The molecule has 0 radical (unpaired) electrons. The summed E-state index contributed by atoms with van der Waals surface area (Å²) in [5.74, 6) is 0. The average molecular weight is 366 g/mol. The molecule has 0 bridgehead atoms. The first-order chi connectivity index (χ1) is 12.6. The Morgan fingerprint density at radius 1 is 1.04 bits per heavy atom. The lowest BCUT2D eigenvalue weighted by Crippen LogP contribution is -2.49. The van der Waals surface area contributed by atoms with Crippen molar-refractivity contribution in [2.75, 3.05) is 38.0 Å². The van der Waals surface area contributed by atoms with Gasteiger partial charge < -0.3 is 10.2 Å². The third-order valence-electron chi connectivity index (χ3n) is 4.76. The summed E-state index contributed by atoms with van der Waals surface area (Å²) >= 11 is 5.62. The smallest absolute Gasteiger partial charge is 0.173 e. The fraction of sp³-hybridized carbons (Fsp3) is 0.318. The van der Waals surface area contributed by atoms with Crippen LogP contribution < -0.4 is 5.32 Å². The highest BCUT2D eigenvalue weighted by Gasteiger charge is 2.18. The van der Waals surface area contributed by atoms with Gasteiger partial charge in [-0.3, -0.25) is 4.90 Å². The molecular formula is C22H27N3S. The molecule has 0 spiro atoms. The lowest BCUT2D eigenvalue weighted by molar-refractivity contribution is 0.200. The molecule has 4 heteroatoms. The minimum absolute atomic E-state index is 0.830. The van der Waals surface area contributed by atoms with E-state index in [-0.39, 0.29) is 0 Å². The quantitative estimate of drug-likeness (QED) is 0.813. The molecular weight excluding hydrogens is 338 g/mol. The molecule has 26 heavy (non-hydrogen) atoms. The number of rotatable bonds is 4. The molecule has 0 unspecified atom stereocenters. The summed E-state index contributed by atoms with van der Waals surface area (Å²) < 4.78 is 0. The summed E-state index contributed by atoms with van der Waals surface area (Å²) in [7, 11) is 0. The minimum Gasteiger partial charge on any atom is -0.346 e. The monoisotopic (exact) mass is 365 g/mol. The van der Waals surface area contributed by atoms with E-state index in [2.05, 4.69) is 83.6 Å². The normalized spacial score (nSPS) is 15.4. The van der Waals surface area contributed by atoms with Crippen LogP contribution in [0.5, 0.6) is 0 Å². The van der Waals surface area contributed by atoms with Crippen molar-refractivity contribution >= 4 is 29.1 Å². The largest absolute Gasteiger partial charge is 0.346 e. The van der Waals surface area contributed by atoms with E-state index in [4.69, 9.17) is 12.2 Å². The maximum Gasteiger partial charge on any atom is 0.173 e. The SMILES string of the molecule is Cc1ccc(NC(=S)N2CCN(C/C=C/c3ccccc3)CC2)c(C)c1. The van der Waals surface area contributed by atoms with Gasteiger partial charge in [0.25, 0.3) is 0 Å². The third kappa shape index (κ3) is 5.16. The first-order valence-corrected chi connectivity index (χ1v) is 9.60. The van der Waals surface area contributed by atoms with E-state index in [0.29, 0.717) is 0 Å². The van der Waals surface area contributed by atoms with E-state index in [1.165, 1.54) is 16.7 Å². The second-order valence-electron chi connectivity index (χ2n) is 6.85. The number of piperazine rings is 1. The number of hydrogen-bond donors (Lipinski definition) is 1. The van der Waals surface area contributed by atoms with E-state index in [1.807, 2.05) is 6.07 Å². The van der Waals surface area contributed by atoms with Crippen LogP contribution in [0.4, 0.5) is 5.69 Å². The maximum absolute atomic E-state index is 5.62. The maximum atomic E-state index is 5.62. The molecule has 0 atom stereocenters. The Kier molecular flexibility index (Phi) is 6.42. The Morgan fingerprint density at radius 2 is 1.77 bits per heavy atom. The van der Waals surface area contributed by atoms with Gasteiger partial charge in [0.2, 0.25) is 0 Å². The molecule has 2 aromatic rings. The van der Waals surface area contributed by atoms with E-state index in [0.717, 1.165) is 43.5 Å². The van der Waals surface area contributed by atoms with Crippen molar-refractivity contribution in [3.8, 4) is 0 Å². The molecule has 1 aliphatic heterocycles. The van der Waals surface area contributed by atoms with Crippen LogP contribution in [0.3, 0.4) is 0 Å². The Bertz CT molecular complexity index is 762. The van der Waals surface area contributed by atoms with Crippen molar-refractivity contribution in [3.05, 3.63) is 71.3 Å². The Morgan fingerprint density at radius 3 is 2.46 bits per heavy atom. The number of anilines is 1. The predicted molar refractivity (Wildman–Crippen MR) is 116 cm³/mol. The summed E-state index contributed by atoms with van der Waals surface area (Å²) in [4.78, 5) is 4.74. The first kappa shape index (κ1) is 18.6. The average Bonchev–Trinajstić information content (AvgIpc) is 2.65. The van der Waals surface area contributed by atoms with Gasteiger partial charge in [-0.05, 0) is 43.3 Å². The van der Waals surface area contributed by atoms with Crippen LogP contribution in [-0.2, 0) is 0 Å². The zero-order valence-corrected chi connectivity index (χ0v) is 16.4. The first-order valence-electron chi connectivity index (χ1n) is 9.19. The van der Waals surface area contributed by atoms with E-state index >= 15 is 0 Å². The second-order valence-corrected chi connectivity index (χ2v) is 7.24. The molecule has 0 aromatic heterocycles. The highest BCUT2D eigenvalue weighted by atomic mass is 32.1. The van der Waals surface area contributed by atoms with Gasteiger partial charge in [0, 0.05) is 38.4 Å². The summed E-state index contributed by atoms with van der Waals surface area (Å²) in [6, 6.07) is 16.9. The number of aryl methyl sites for hydroxylation is 2. The van der Waals surface area contributed by atoms with E-state index < -0.39 is 0 Å². The summed E-state index contributed by atoms with van der Waals surface area (Å²) in [5.41, 5.74) is 4.87. The third-order valence-corrected chi connectivity index (χ3v) is 5.12. The van der Waals surface area contributed by atoms with E-state index in [1.54, 1.807) is 0 Å². The van der Waals surface area contributed by atoms with Crippen molar-refractivity contribution in [3.63, 3.8) is 0 Å². The Labute approximate surface area is 162 Å². The molecule has 1 fully saturated rings. The number of hydrogen-bond acceptors (Lipinski definition) is 2. The van der Waals surface area contributed by atoms with Gasteiger partial charge in [0.15, 0.2) is 5.11 Å². The van der Waals surface area contributed by atoms with Crippen molar-refractivity contribution in [1.82, 2.24) is 9.80 Å². The molecule has 0 saturated carbocycles. The topological polar surface area (TPSA) is 18.5 Å². The van der Waals surface area contributed by atoms with Crippen molar-refractivity contribution < 1.29 is 0 Å². The van der Waals surface area contributed by atoms with Gasteiger partial charge >= 0.3 is 0 Å². The molecule has 0 aliphatic carbocycles. The Balaban J connectivity index is 1.45. The van der Waals surface area contributed by atoms with Gasteiger partial charge in [0.1, 0.15) is 0 Å². The van der Waals surface area contributed by atoms with Crippen molar-refractivity contribution in [2.45, 2.75) is 13.8 Å². The second kappa shape index (κ2) is 8.97. The number of nitrogens with one attached hydrogen (secondary N) is 1. The van der Waals surface area contributed by atoms with Crippen LogP contribution in [0.25, 0.3) is 6.08 Å². The molecule has 3 rings (SSSR count). The van der Waals surface area contributed by atoms with E-state index in [9.17, 15) is 0 Å². The summed E-state index contributed by atoms with van der Waals surface area (Å²) in [6.45, 7) is 9.23. The number of benzene rings is 2. The molecule has 136 valence electrons. The predicted octanol–water partition coefficient (Wildman–Crippen LogP) is 4.33. The summed E-state index contributed by atoms with van der Waals surface area (Å²) in [5, 5.41) is 4.24. The Hall–Kier alpha value is -2.17. The lowest BCUT2D eigenvalue weighted by Gasteiger charge is -2.35. The molecule has 1 N–H and O–H groups in total. The van der Waals surface area contributed by atoms with Crippen molar-refractivity contribution in [2.24, 2.45) is 0 Å². The van der Waals surface area contributed by atoms with Gasteiger partial charge in [-0.2, -0.15) is 0 Å². The zero-order valence-electron chi connectivity index (χ0n) is 15.6. The number of thiocarbonyl (C=S) groups is 1. The highest BCUT2D eigenvalue weighted by molar-refractivity contribution is 7.80.